The van der Waals surface area contributed by atoms with E-state index in [1.54, 1.807) is 18.2 Å². The van der Waals surface area contributed by atoms with Crippen LogP contribution in [0.25, 0.3) is 0 Å². The van der Waals surface area contributed by atoms with Crippen LogP contribution in [0.4, 0.5) is 0 Å². The van der Waals surface area contributed by atoms with Crippen molar-refractivity contribution in [1.29, 1.82) is 0 Å². The van der Waals surface area contributed by atoms with E-state index in [1.807, 2.05) is 13.8 Å². The third-order valence-electron chi connectivity index (χ3n) is 2.52. The number of rotatable bonds is 0. The molecule has 0 atom stereocenters. The molecule has 1 aliphatic rings. The zero-order valence-electron chi connectivity index (χ0n) is 9.86. The SMILES string of the molecule is CC1(C)COC(=O)c2cccc(c2)C(=O)OC1. The highest BCUT2D eigenvalue weighted by Gasteiger charge is 2.25. The molecule has 1 aliphatic heterocycles. The van der Waals surface area contributed by atoms with Crippen molar-refractivity contribution in [2.75, 3.05) is 13.2 Å². The van der Waals surface area contributed by atoms with E-state index in [0.717, 1.165) is 0 Å². The Morgan fingerprint density at radius 2 is 1.47 bits per heavy atom. The fourth-order valence-electron chi connectivity index (χ4n) is 1.50. The van der Waals surface area contributed by atoms with Crippen LogP contribution in [0.5, 0.6) is 0 Å². The third-order valence-corrected chi connectivity index (χ3v) is 2.52. The average molecular weight is 234 g/mol. The van der Waals surface area contributed by atoms with E-state index in [2.05, 4.69) is 0 Å². The van der Waals surface area contributed by atoms with Crippen molar-refractivity contribution in [1.82, 2.24) is 0 Å². The molecule has 0 spiro atoms. The highest BCUT2D eigenvalue weighted by atomic mass is 16.5. The summed E-state index contributed by atoms with van der Waals surface area (Å²) in [6, 6.07) is 6.37. The lowest BCUT2D eigenvalue weighted by molar-refractivity contribution is 0.00516. The van der Waals surface area contributed by atoms with Crippen LogP contribution in [0.3, 0.4) is 0 Å². The van der Waals surface area contributed by atoms with Gasteiger partial charge in [-0.3, -0.25) is 0 Å². The second-order valence-corrected chi connectivity index (χ2v) is 4.90. The summed E-state index contributed by atoms with van der Waals surface area (Å²) in [6.07, 6.45) is 0. The number of benzene rings is 1. The van der Waals surface area contributed by atoms with E-state index >= 15 is 0 Å². The van der Waals surface area contributed by atoms with Crippen LogP contribution >= 0.6 is 0 Å². The molecule has 90 valence electrons. The van der Waals surface area contributed by atoms with Crippen molar-refractivity contribution in [3.8, 4) is 0 Å². The van der Waals surface area contributed by atoms with Gasteiger partial charge in [-0.2, -0.15) is 0 Å². The second kappa shape index (κ2) is 4.20. The molecular formula is C13H14O4. The van der Waals surface area contributed by atoms with E-state index in [-0.39, 0.29) is 18.6 Å². The average Bonchev–Trinajstić information content (AvgIpc) is 2.32. The van der Waals surface area contributed by atoms with Crippen LogP contribution in [0.2, 0.25) is 0 Å². The van der Waals surface area contributed by atoms with Gasteiger partial charge >= 0.3 is 11.9 Å². The summed E-state index contributed by atoms with van der Waals surface area (Å²) in [5.74, 6) is -0.816. The van der Waals surface area contributed by atoms with Crippen LogP contribution < -0.4 is 0 Å². The lowest BCUT2D eigenvalue weighted by Gasteiger charge is -2.24. The Morgan fingerprint density at radius 1 is 1.00 bits per heavy atom. The van der Waals surface area contributed by atoms with Gasteiger partial charge in [-0.15, -0.1) is 0 Å². The molecule has 0 saturated heterocycles. The van der Waals surface area contributed by atoms with E-state index in [4.69, 9.17) is 9.47 Å². The van der Waals surface area contributed by atoms with Crippen molar-refractivity contribution >= 4 is 11.9 Å². The summed E-state index contributed by atoms with van der Waals surface area (Å²) >= 11 is 0. The molecule has 0 aromatic heterocycles. The Bertz CT molecular complexity index is 425. The first-order chi connectivity index (χ1) is 7.98. The summed E-state index contributed by atoms with van der Waals surface area (Å²) in [7, 11) is 0. The number of cyclic esters (lactones) is 2. The van der Waals surface area contributed by atoms with Crippen LogP contribution in [-0.4, -0.2) is 25.2 Å². The largest absolute Gasteiger partial charge is 0.461 e. The standard InChI is InChI=1S/C13H14O4/c1-13(2)7-16-11(14)9-4-3-5-10(6-9)12(15)17-8-13/h3-6H,7-8H2,1-2H3. The van der Waals surface area contributed by atoms with Gasteiger partial charge in [-0.05, 0) is 18.2 Å². The van der Waals surface area contributed by atoms with Gasteiger partial charge in [0.05, 0.1) is 24.3 Å². The topological polar surface area (TPSA) is 52.6 Å². The third kappa shape index (κ3) is 2.64. The van der Waals surface area contributed by atoms with Gasteiger partial charge in [0.2, 0.25) is 0 Å². The highest BCUT2D eigenvalue weighted by Crippen LogP contribution is 2.20. The van der Waals surface area contributed by atoms with Crippen molar-refractivity contribution in [2.24, 2.45) is 5.41 Å². The molecule has 0 aliphatic carbocycles. The normalized spacial score (nSPS) is 19.2. The van der Waals surface area contributed by atoms with Gasteiger partial charge in [0.25, 0.3) is 0 Å². The molecule has 1 aromatic rings. The first-order valence-corrected chi connectivity index (χ1v) is 5.42. The maximum atomic E-state index is 11.7. The second-order valence-electron chi connectivity index (χ2n) is 4.90. The fourth-order valence-corrected chi connectivity index (χ4v) is 1.50. The smallest absolute Gasteiger partial charge is 0.338 e. The number of fused-ring (bicyclic) bond motifs is 2. The molecule has 17 heavy (non-hydrogen) atoms. The molecule has 4 nitrogen and oxygen atoms in total. The molecule has 0 fully saturated rings. The quantitative estimate of drug-likeness (QED) is 0.644. The van der Waals surface area contributed by atoms with Crippen molar-refractivity contribution in [2.45, 2.75) is 13.8 Å². The van der Waals surface area contributed by atoms with Crippen LogP contribution in [0.1, 0.15) is 34.6 Å². The number of carbonyl (C=O) groups is 2. The van der Waals surface area contributed by atoms with Crippen LogP contribution in [0.15, 0.2) is 24.3 Å². The molecule has 0 radical (unpaired) electrons. The minimum absolute atomic E-state index is 0.226. The Morgan fingerprint density at radius 3 is 1.94 bits per heavy atom. The fraction of sp³-hybridized carbons (Fsp3) is 0.385. The number of hydrogen-bond donors (Lipinski definition) is 0. The van der Waals surface area contributed by atoms with Gasteiger partial charge in [0.1, 0.15) is 0 Å². The minimum atomic E-state index is -0.408. The van der Waals surface area contributed by atoms with Crippen LogP contribution in [-0.2, 0) is 9.47 Å². The first-order valence-electron chi connectivity index (χ1n) is 5.42. The first kappa shape index (κ1) is 11.6. The zero-order chi connectivity index (χ0) is 12.5. The van der Waals surface area contributed by atoms with E-state index in [0.29, 0.717) is 11.1 Å². The van der Waals surface area contributed by atoms with Gasteiger partial charge in [-0.25, -0.2) is 9.59 Å². The number of hydrogen-bond acceptors (Lipinski definition) is 4. The van der Waals surface area contributed by atoms with Gasteiger partial charge < -0.3 is 9.47 Å². The number of ether oxygens (including phenoxy) is 2. The predicted molar refractivity (Wildman–Crippen MR) is 60.8 cm³/mol. The van der Waals surface area contributed by atoms with Crippen molar-refractivity contribution in [3.63, 3.8) is 0 Å². The monoisotopic (exact) mass is 234 g/mol. The van der Waals surface area contributed by atoms with E-state index in [1.165, 1.54) is 6.07 Å². The Balaban J connectivity index is 2.36. The van der Waals surface area contributed by atoms with E-state index < -0.39 is 11.9 Å². The zero-order valence-corrected chi connectivity index (χ0v) is 9.86. The lowest BCUT2D eigenvalue weighted by Crippen LogP contribution is -2.29. The molecule has 4 heteroatoms. The van der Waals surface area contributed by atoms with Crippen LogP contribution in [0, 0.1) is 5.41 Å². The highest BCUT2D eigenvalue weighted by molar-refractivity contribution is 5.95. The van der Waals surface area contributed by atoms with E-state index in [9.17, 15) is 9.59 Å². The summed E-state index contributed by atoms with van der Waals surface area (Å²) in [5, 5.41) is 0. The molecule has 2 rings (SSSR count). The predicted octanol–water partition coefficient (Wildman–Crippen LogP) is 2.04. The minimum Gasteiger partial charge on any atom is -0.461 e. The molecular weight excluding hydrogens is 220 g/mol. The van der Waals surface area contributed by atoms with Gasteiger partial charge in [0, 0.05) is 5.41 Å². The Labute approximate surface area is 99.5 Å². The summed E-state index contributed by atoms with van der Waals surface area (Å²) in [6.45, 7) is 4.21. The lowest BCUT2D eigenvalue weighted by atomic mass is 9.96. The molecule has 0 N–H and O–H groups in total. The molecule has 1 aromatic carbocycles. The summed E-state index contributed by atoms with van der Waals surface area (Å²) < 4.78 is 10.4. The number of carbonyl (C=O) groups excluding carboxylic acids is 2. The molecule has 0 unspecified atom stereocenters. The number of esters is 2. The maximum absolute atomic E-state index is 11.7. The summed E-state index contributed by atoms with van der Waals surface area (Å²) in [4.78, 5) is 23.4. The molecule has 2 bridgehead atoms. The maximum Gasteiger partial charge on any atom is 0.338 e. The Kier molecular flexibility index (Phi) is 2.88. The Hall–Kier alpha value is -1.84. The summed E-state index contributed by atoms with van der Waals surface area (Å²) in [5.41, 5.74) is 0.371. The molecule has 0 saturated carbocycles. The van der Waals surface area contributed by atoms with Gasteiger partial charge in [-0.1, -0.05) is 19.9 Å². The molecule has 0 amide bonds. The van der Waals surface area contributed by atoms with Gasteiger partial charge in [0.15, 0.2) is 0 Å². The molecule has 1 heterocycles. The van der Waals surface area contributed by atoms with Crippen molar-refractivity contribution < 1.29 is 19.1 Å². The van der Waals surface area contributed by atoms with Crippen molar-refractivity contribution in [3.05, 3.63) is 35.4 Å².